The fraction of sp³-hybridized carbons (Fsp3) is 0.571. The van der Waals surface area contributed by atoms with Crippen molar-refractivity contribution in [2.24, 2.45) is 0 Å². The summed E-state index contributed by atoms with van der Waals surface area (Å²) in [6.07, 6.45) is 0.641. The highest BCUT2D eigenvalue weighted by atomic mass is 79.9. The monoisotopic (exact) mass is 349 g/mol. The Labute approximate surface area is 125 Å². The summed E-state index contributed by atoms with van der Waals surface area (Å²) >= 11 is 3.35. The average molecular weight is 350 g/mol. The highest BCUT2D eigenvalue weighted by Gasteiger charge is 2.33. The number of halogens is 2. The van der Waals surface area contributed by atoms with Gasteiger partial charge in [-0.15, -0.1) is 0 Å². The zero-order valence-electron chi connectivity index (χ0n) is 12.0. The molecule has 0 aliphatic rings. The Morgan fingerprint density at radius 1 is 1.32 bits per heavy atom. The Balaban J connectivity index is 3.17. The molecule has 0 radical (unpaired) electrons. The Morgan fingerprint density at radius 2 is 1.89 bits per heavy atom. The quantitative estimate of drug-likeness (QED) is 0.864. The fourth-order valence-electron chi connectivity index (χ4n) is 1.60. The van der Waals surface area contributed by atoms with E-state index in [0.717, 1.165) is 4.47 Å². The van der Waals surface area contributed by atoms with Crippen molar-refractivity contribution in [2.45, 2.75) is 51.3 Å². The van der Waals surface area contributed by atoms with E-state index in [1.807, 2.05) is 34.6 Å². The van der Waals surface area contributed by atoms with E-state index in [-0.39, 0.29) is 10.6 Å². The van der Waals surface area contributed by atoms with Gasteiger partial charge >= 0.3 is 0 Å². The Kier molecular flexibility index (Phi) is 5.32. The van der Waals surface area contributed by atoms with Crippen LogP contribution in [-0.2, 0) is 16.5 Å². The maximum Gasteiger partial charge on any atom is 0.128 e. The molecule has 0 bridgehead atoms. The summed E-state index contributed by atoms with van der Waals surface area (Å²) in [7, 11) is -1.25. The second kappa shape index (κ2) is 6.02. The summed E-state index contributed by atoms with van der Waals surface area (Å²) in [6, 6.07) is 4.83. The maximum atomic E-state index is 14.0. The fourth-order valence-corrected chi connectivity index (χ4v) is 2.93. The van der Waals surface area contributed by atoms with E-state index in [1.165, 1.54) is 6.07 Å². The van der Waals surface area contributed by atoms with Gasteiger partial charge in [0.1, 0.15) is 5.82 Å². The molecular weight excluding hydrogens is 329 g/mol. The number of hydrogen-bond donors (Lipinski definition) is 1. The van der Waals surface area contributed by atoms with Crippen molar-refractivity contribution in [1.82, 2.24) is 4.72 Å². The van der Waals surface area contributed by atoms with Crippen LogP contribution in [0.3, 0.4) is 0 Å². The predicted molar refractivity (Wildman–Crippen MR) is 82.8 cm³/mol. The first-order valence-corrected chi connectivity index (χ1v) is 8.19. The highest BCUT2D eigenvalue weighted by molar-refractivity contribution is 9.10. The first kappa shape index (κ1) is 16.8. The standard InChI is InChI=1S/C14H21BrFNOS/c1-6-14(5,17-19(18)13(2,3)4)11-9-10(15)7-8-12(11)16/h7-9,17H,6H2,1-5H3/t14-,19+/m0/s1. The van der Waals surface area contributed by atoms with E-state index in [2.05, 4.69) is 20.7 Å². The molecule has 2 atom stereocenters. The van der Waals surface area contributed by atoms with E-state index in [4.69, 9.17) is 0 Å². The summed E-state index contributed by atoms with van der Waals surface area (Å²) < 4.78 is 29.8. The lowest BCUT2D eigenvalue weighted by atomic mass is 9.90. The summed E-state index contributed by atoms with van der Waals surface area (Å²) in [5, 5.41) is 0. The van der Waals surface area contributed by atoms with E-state index in [9.17, 15) is 8.60 Å². The second-order valence-electron chi connectivity index (χ2n) is 5.79. The van der Waals surface area contributed by atoms with Gasteiger partial charge in [-0.25, -0.2) is 13.3 Å². The first-order chi connectivity index (χ1) is 8.60. The SMILES string of the molecule is CC[C@](C)(N[S@](=O)C(C)(C)C)c1cc(Br)ccc1F. The minimum Gasteiger partial charge on any atom is -0.242 e. The number of hydrogen-bond acceptors (Lipinski definition) is 1. The summed E-state index contributed by atoms with van der Waals surface area (Å²) in [6.45, 7) is 9.51. The summed E-state index contributed by atoms with van der Waals surface area (Å²) in [5.41, 5.74) is -0.131. The zero-order valence-corrected chi connectivity index (χ0v) is 14.4. The molecule has 0 amide bonds. The summed E-state index contributed by atoms with van der Waals surface area (Å²) in [4.78, 5) is 0. The van der Waals surface area contributed by atoms with Crippen molar-refractivity contribution in [3.8, 4) is 0 Å². The minimum atomic E-state index is -1.25. The molecule has 0 fully saturated rings. The van der Waals surface area contributed by atoms with Crippen molar-refractivity contribution >= 4 is 26.9 Å². The van der Waals surface area contributed by atoms with Crippen LogP contribution in [-0.4, -0.2) is 8.96 Å². The van der Waals surface area contributed by atoms with Crippen LogP contribution < -0.4 is 4.72 Å². The lowest BCUT2D eigenvalue weighted by Gasteiger charge is -2.33. The lowest BCUT2D eigenvalue weighted by molar-refractivity contribution is 0.404. The molecular formula is C14H21BrFNOS. The lowest BCUT2D eigenvalue weighted by Crippen LogP contribution is -2.46. The highest BCUT2D eigenvalue weighted by Crippen LogP contribution is 2.30. The number of benzene rings is 1. The minimum absolute atomic E-state index is 0.286. The van der Waals surface area contributed by atoms with Gasteiger partial charge in [-0.05, 0) is 52.3 Å². The third kappa shape index (κ3) is 4.10. The van der Waals surface area contributed by atoms with Crippen LogP contribution in [0.1, 0.15) is 46.6 Å². The van der Waals surface area contributed by atoms with Gasteiger partial charge in [0, 0.05) is 10.0 Å². The molecule has 1 rings (SSSR count). The van der Waals surface area contributed by atoms with Gasteiger partial charge in [-0.3, -0.25) is 0 Å². The van der Waals surface area contributed by atoms with Gasteiger partial charge in [0.05, 0.1) is 21.3 Å². The number of nitrogens with one attached hydrogen (secondary N) is 1. The molecule has 0 unspecified atom stereocenters. The van der Waals surface area contributed by atoms with Crippen molar-refractivity contribution in [3.05, 3.63) is 34.1 Å². The molecule has 5 heteroatoms. The van der Waals surface area contributed by atoms with Crippen LogP contribution in [0.5, 0.6) is 0 Å². The first-order valence-electron chi connectivity index (χ1n) is 6.25. The van der Waals surface area contributed by atoms with Crippen molar-refractivity contribution in [3.63, 3.8) is 0 Å². The van der Waals surface area contributed by atoms with Gasteiger partial charge in [0.25, 0.3) is 0 Å². The normalized spacial score (nSPS) is 17.0. The Morgan fingerprint density at radius 3 is 2.37 bits per heavy atom. The van der Waals surface area contributed by atoms with Gasteiger partial charge in [-0.1, -0.05) is 22.9 Å². The van der Waals surface area contributed by atoms with E-state index in [1.54, 1.807) is 12.1 Å². The molecule has 108 valence electrons. The van der Waals surface area contributed by atoms with Crippen molar-refractivity contribution in [2.75, 3.05) is 0 Å². The molecule has 19 heavy (non-hydrogen) atoms. The molecule has 0 saturated carbocycles. The molecule has 0 saturated heterocycles. The predicted octanol–water partition coefficient (Wildman–Crippen LogP) is 4.27. The van der Waals surface area contributed by atoms with Gasteiger partial charge in [0.2, 0.25) is 0 Å². The van der Waals surface area contributed by atoms with E-state index in [0.29, 0.717) is 12.0 Å². The second-order valence-corrected chi connectivity index (χ2v) is 8.67. The maximum absolute atomic E-state index is 14.0. The van der Waals surface area contributed by atoms with E-state index >= 15 is 0 Å². The van der Waals surface area contributed by atoms with Crippen molar-refractivity contribution < 1.29 is 8.60 Å². The topological polar surface area (TPSA) is 29.1 Å². The van der Waals surface area contributed by atoms with Crippen LogP contribution in [0, 0.1) is 5.82 Å². The van der Waals surface area contributed by atoms with Crippen LogP contribution in [0.25, 0.3) is 0 Å². The molecule has 0 aliphatic heterocycles. The smallest absolute Gasteiger partial charge is 0.128 e. The summed E-state index contributed by atoms with van der Waals surface area (Å²) in [5.74, 6) is -0.286. The average Bonchev–Trinajstić information content (AvgIpc) is 2.30. The zero-order chi connectivity index (χ0) is 14.8. The largest absolute Gasteiger partial charge is 0.242 e. The van der Waals surface area contributed by atoms with E-state index < -0.39 is 16.5 Å². The molecule has 0 aliphatic carbocycles. The van der Waals surface area contributed by atoms with Crippen LogP contribution in [0.2, 0.25) is 0 Å². The molecule has 1 aromatic carbocycles. The molecule has 0 spiro atoms. The van der Waals surface area contributed by atoms with Gasteiger partial charge in [0.15, 0.2) is 0 Å². The van der Waals surface area contributed by atoms with Gasteiger partial charge < -0.3 is 0 Å². The third-order valence-corrected chi connectivity index (χ3v) is 5.35. The number of rotatable bonds is 4. The third-order valence-electron chi connectivity index (χ3n) is 3.10. The van der Waals surface area contributed by atoms with Crippen LogP contribution in [0.15, 0.2) is 22.7 Å². The van der Waals surface area contributed by atoms with Crippen LogP contribution >= 0.6 is 15.9 Å². The molecule has 1 N–H and O–H groups in total. The van der Waals surface area contributed by atoms with Crippen molar-refractivity contribution in [1.29, 1.82) is 0 Å². The molecule has 1 aromatic rings. The Hall–Kier alpha value is -0.260. The van der Waals surface area contributed by atoms with Crippen LogP contribution in [0.4, 0.5) is 4.39 Å². The molecule has 0 heterocycles. The molecule has 2 nitrogen and oxygen atoms in total. The Bertz CT molecular complexity index is 487. The molecule has 0 aromatic heterocycles. The van der Waals surface area contributed by atoms with Gasteiger partial charge in [-0.2, -0.15) is 0 Å².